The van der Waals surface area contributed by atoms with E-state index in [9.17, 15) is 20.1 Å². The highest BCUT2D eigenvalue weighted by Gasteiger charge is 2.39. The quantitative estimate of drug-likeness (QED) is 0.276. The number of hydrogen-bond donors (Lipinski definition) is 4. The first kappa shape index (κ1) is 24.8. The molecule has 1 aromatic heterocycles. The summed E-state index contributed by atoms with van der Waals surface area (Å²) in [6, 6.07) is 4.31. The van der Waals surface area contributed by atoms with Crippen molar-refractivity contribution in [2.45, 2.75) is 83.0 Å². The SMILES string of the molecule is CCCc1ccc(CC[C@H](O)C=C[C@@H]2[C@@H](CC=CCCCC(=O)O)[C@@H](O)C[C@H]2O)s1. The van der Waals surface area contributed by atoms with Crippen LogP contribution in [0.5, 0.6) is 0 Å². The Bertz CT molecular complexity index is 696. The van der Waals surface area contributed by atoms with E-state index in [2.05, 4.69) is 19.1 Å². The van der Waals surface area contributed by atoms with Gasteiger partial charge in [-0.3, -0.25) is 4.79 Å². The van der Waals surface area contributed by atoms with Gasteiger partial charge < -0.3 is 20.4 Å². The highest BCUT2D eigenvalue weighted by molar-refractivity contribution is 7.11. The lowest BCUT2D eigenvalue weighted by molar-refractivity contribution is -0.137. The van der Waals surface area contributed by atoms with Crippen molar-refractivity contribution in [1.82, 2.24) is 0 Å². The fourth-order valence-corrected chi connectivity index (χ4v) is 5.16. The fourth-order valence-electron chi connectivity index (χ4n) is 4.03. The van der Waals surface area contributed by atoms with E-state index in [0.29, 0.717) is 32.1 Å². The van der Waals surface area contributed by atoms with E-state index in [0.717, 1.165) is 19.3 Å². The first-order valence-electron chi connectivity index (χ1n) is 11.1. The molecule has 1 saturated carbocycles. The predicted molar refractivity (Wildman–Crippen MR) is 121 cm³/mol. The number of aliphatic hydroxyl groups is 3. The van der Waals surface area contributed by atoms with E-state index >= 15 is 0 Å². The topological polar surface area (TPSA) is 98.0 Å². The molecule has 30 heavy (non-hydrogen) atoms. The van der Waals surface area contributed by atoms with E-state index in [-0.39, 0.29) is 18.3 Å². The molecule has 0 aliphatic heterocycles. The summed E-state index contributed by atoms with van der Waals surface area (Å²) in [5, 5.41) is 39.6. The molecule has 1 heterocycles. The van der Waals surface area contributed by atoms with Crippen molar-refractivity contribution in [3.8, 4) is 0 Å². The Kier molecular flexibility index (Phi) is 10.8. The number of rotatable bonds is 13. The highest BCUT2D eigenvalue weighted by atomic mass is 32.1. The molecule has 0 bridgehead atoms. The van der Waals surface area contributed by atoms with Crippen LogP contribution >= 0.6 is 11.3 Å². The van der Waals surface area contributed by atoms with Gasteiger partial charge >= 0.3 is 5.97 Å². The molecule has 5 nitrogen and oxygen atoms in total. The van der Waals surface area contributed by atoms with Gasteiger partial charge in [0.05, 0.1) is 18.3 Å². The van der Waals surface area contributed by atoms with Crippen LogP contribution in [-0.4, -0.2) is 44.7 Å². The molecular formula is C24H36O5S. The van der Waals surface area contributed by atoms with Gasteiger partial charge in [-0.15, -0.1) is 11.3 Å². The first-order valence-corrected chi connectivity index (χ1v) is 11.9. The molecule has 1 aliphatic rings. The number of aliphatic carboxylic acids is 1. The van der Waals surface area contributed by atoms with Crippen LogP contribution in [0.1, 0.15) is 61.6 Å². The van der Waals surface area contributed by atoms with Crippen LogP contribution in [0.2, 0.25) is 0 Å². The summed E-state index contributed by atoms with van der Waals surface area (Å²) in [5.74, 6) is -1.06. The minimum absolute atomic E-state index is 0.0897. The lowest BCUT2D eigenvalue weighted by atomic mass is 9.89. The summed E-state index contributed by atoms with van der Waals surface area (Å²) in [4.78, 5) is 13.2. The van der Waals surface area contributed by atoms with Gasteiger partial charge in [0, 0.05) is 28.5 Å². The van der Waals surface area contributed by atoms with E-state index in [1.807, 2.05) is 29.6 Å². The molecule has 0 aromatic carbocycles. The predicted octanol–water partition coefficient (Wildman–Crippen LogP) is 4.11. The molecule has 4 N–H and O–H groups in total. The van der Waals surface area contributed by atoms with Crippen LogP contribution in [0.25, 0.3) is 0 Å². The van der Waals surface area contributed by atoms with Gasteiger partial charge in [0.25, 0.3) is 0 Å². The van der Waals surface area contributed by atoms with E-state index in [1.54, 1.807) is 6.08 Å². The maximum atomic E-state index is 10.5. The van der Waals surface area contributed by atoms with Crippen molar-refractivity contribution in [1.29, 1.82) is 0 Å². The Morgan fingerprint density at radius 1 is 1.20 bits per heavy atom. The number of allylic oxidation sites excluding steroid dienone is 2. The molecule has 1 fully saturated rings. The Balaban J connectivity index is 1.81. The number of aliphatic hydroxyl groups excluding tert-OH is 3. The maximum Gasteiger partial charge on any atom is 0.303 e. The summed E-state index contributed by atoms with van der Waals surface area (Å²) in [5.41, 5.74) is 0. The Morgan fingerprint density at radius 2 is 1.93 bits per heavy atom. The highest BCUT2D eigenvalue weighted by Crippen LogP contribution is 2.36. The second-order valence-corrected chi connectivity index (χ2v) is 9.47. The van der Waals surface area contributed by atoms with Gasteiger partial charge in [-0.2, -0.15) is 0 Å². The smallest absolute Gasteiger partial charge is 0.303 e. The summed E-state index contributed by atoms with van der Waals surface area (Å²) < 4.78 is 0. The third-order valence-corrected chi connectivity index (χ3v) is 6.91. The molecule has 0 saturated heterocycles. The van der Waals surface area contributed by atoms with Gasteiger partial charge in [0.2, 0.25) is 0 Å². The molecule has 0 spiro atoms. The Labute approximate surface area is 183 Å². The number of carboxylic acid groups (broad SMARTS) is 1. The maximum absolute atomic E-state index is 10.5. The molecule has 0 unspecified atom stereocenters. The van der Waals surface area contributed by atoms with E-state index in [4.69, 9.17) is 5.11 Å². The van der Waals surface area contributed by atoms with Crippen LogP contribution in [0.3, 0.4) is 0 Å². The number of carbonyl (C=O) groups is 1. The molecular weight excluding hydrogens is 400 g/mol. The van der Waals surface area contributed by atoms with Crippen molar-refractivity contribution in [3.05, 3.63) is 46.2 Å². The third-order valence-electron chi connectivity index (χ3n) is 5.71. The van der Waals surface area contributed by atoms with Crippen LogP contribution in [-0.2, 0) is 17.6 Å². The van der Waals surface area contributed by atoms with Crippen LogP contribution < -0.4 is 0 Å². The summed E-state index contributed by atoms with van der Waals surface area (Å²) >= 11 is 1.81. The fraction of sp³-hybridized carbons (Fsp3) is 0.625. The van der Waals surface area contributed by atoms with Crippen molar-refractivity contribution in [3.63, 3.8) is 0 Å². The van der Waals surface area contributed by atoms with Crippen molar-refractivity contribution >= 4 is 17.3 Å². The number of aryl methyl sites for hydroxylation is 2. The molecule has 0 amide bonds. The zero-order chi connectivity index (χ0) is 21.9. The summed E-state index contributed by atoms with van der Waals surface area (Å²) in [7, 11) is 0. The monoisotopic (exact) mass is 436 g/mol. The summed E-state index contributed by atoms with van der Waals surface area (Å²) in [6.07, 6.45) is 11.9. The Hall–Kier alpha value is -1.47. The van der Waals surface area contributed by atoms with Gasteiger partial charge in [0.15, 0.2) is 0 Å². The largest absolute Gasteiger partial charge is 0.481 e. The van der Waals surface area contributed by atoms with Crippen LogP contribution in [0.15, 0.2) is 36.4 Å². The number of unbranched alkanes of at least 4 members (excludes halogenated alkanes) is 1. The van der Waals surface area contributed by atoms with Crippen LogP contribution in [0.4, 0.5) is 0 Å². The lowest BCUT2D eigenvalue weighted by Gasteiger charge is -2.19. The second-order valence-electron chi connectivity index (χ2n) is 8.21. The zero-order valence-electron chi connectivity index (χ0n) is 17.8. The van der Waals surface area contributed by atoms with Crippen LogP contribution in [0, 0.1) is 11.8 Å². The van der Waals surface area contributed by atoms with Gasteiger partial charge in [-0.25, -0.2) is 0 Å². The number of carboxylic acids is 1. The molecule has 1 aromatic rings. The molecule has 5 atom stereocenters. The average molecular weight is 437 g/mol. The minimum atomic E-state index is -0.790. The number of hydrogen-bond acceptors (Lipinski definition) is 5. The molecule has 0 radical (unpaired) electrons. The van der Waals surface area contributed by atoms with E-state index in [1.165, 1.54) is 9.75 Å². The normalized spacial score (nSPS) is 25.5. The third kappa shape index (κ3) is 8.34. The van der Waals surface area contributed by atoms with Crippen molar-refractivity contribution in [2.24, 2.45) is 11.8 Å². The minimum Gasteiger partial charge on any atom is -0.481 e. The molecule has 6 heteroatoms. The first-order chi connectivity index (χ1) is 14.4. The zero-order valence-corrected chi connectivity index (χ0v) is 18.6. The van der Waals surface area contributed by atoms with Crippen molar-refractivity contribution < 1.29 is 25.2 Å². The average Bonchev–Trinajstić information content (AvgIpc) is 3.25. The lowest BCUT2D eigenvalue weighted by Crippen LogP contribution is -2.20. The van der Waals surface area contributed by atoms with E-state index < -0.39 is 24.3 Å². The molecule has 1 aliphatic carbocycles. The van der Waals surface area contributed by atoms with Gasteiger partial charge in [0.1, 0.15) is 0 Å². The standard InChI is InChI=1S/C24H36O5S/c1-2-7-18-13-14-19(30-18)12-10-17(25)11-15-21-20(22(26)16-23(21)27)8-5-3-4-6-9-24(28)29/h3,5,11,13-15,17,20-23,25-27H,2,4,6-10,12,16H2,1H3,(H,28,29)/t17-,20+,21+,22-,23+/m0/s1. The molecule has 2 rings (SSSR count). The number of thiophene rings is 1. The Morgan fingerprint density at radius 3 is 2.63 bits per heavy atom. The second kappa shape index (κ2) is 13.1. The van der Waals surface area contributed by atoms with Gasteiger partial charge in [-0.05, 0) is 56.6 Å². The summed E-state index contributed by atoms with van der Waals surface area (Å²) in [6.45, 7) is 2.17. The molecule has 168 valence electrons. The van der Waals surface area contributed by atoms with Crippen molar-refractivity contribution in [2.75, 3.05) is 0 Å². The van der Waals surface area contributed by atoms with Gasteiger partial charge in [-0.1, -0.05) is 37.6 Å².